The van der Waals surface area contributed by atoms with Crippen molar-refractivity contribution in [2.45, 2.75) is 56.0 Å². The number of hydrogen-bond donors (Lipinski definition) is 1. The first kappa shape index (κ1) is 17.2. The molecule has 1 saturated carbocycles. The molecule has 0 aromatic heterocycles. The molecule has 2 aliphatic heterocycles. The summed E-state index contributed by atoms with van der Waals surface area (Å²) in [5.74, 6) is -1.18. The summed E-state index contributed by atoms with van der Waals surface area (Å²) in [5.41, 5.74) is 0.177. The number of halogens is 1. The molecule has 2 heterocycles. The maximum atomic E-state index is 12.8. The van der Waals surface area contributed by atoms with Crippen molar-refractivity contribution in [2.75, 3.05) is 0 Å². The average molecular weight is 347 g/mol. The van der Waals surface area contributed by atoms with E-state index in [2.05, 4.69) is 0 Å². The smallest absolute Gasteiger partial charge is 0.337 e. The summed E-state index contributed by atoms with van der Waals surface area (Å²) in [6.07, 6.45) is 2.59. The van der Waals surface area contributed by atoms with Crippen molar-refractivity contribution in [3.63, 3.8) is 0 Å². The Hall–Kier alpha value is -1.11. The third kappa shape index (κ3) is 2.75. The molecular formula is C15H19ClO5S. The van der Waals surface area contributed by atoms with Crippen molar-refractivity contribution < 1.29 is 23.1 Å². The zero-order valence-electron chi connectivity index (χ0n) is 11.2. The van der Waals surface area contributed by atoms with E-state index in [-0.39, 0.29) is 41.2 Å². The van der Waals surface area contributed by atoms with Gasteiger partial charge in [0.15, 0.2) is 9.84 Å². The third-order valence-electron chi connectivity index (χ3n) is 4.26. The van der Waals surface area contributed by atoms with E-state index in [1.54, 1.807) is 0 Å². The normalized spacial score (nSPS) is 26.0. The molecule has 1 aliphatic carbocycles. The molecule has 1 aromatic carbocycles. The van der Waals surface area contributed by atoms with Crippen LogP contribution in [0.5, 0.6) is 0 Å². The zero-order valence-corrected chi connectivity index (χ0v) is 12.8. The lowest BCUT2D eigenvalue weighted by molar-refractivity contribution is 0.0179. The minimum Gasteiger partial charge on any atom is -0.478 e. The minimum absolute atomic E-state index is 0. The molecule has 0 unspecified atom stereocenters. The molecule has 3 aliphatic rings. The first-order chi connectivity index (χ1) is 9.91. The van der Waals surface area contributed by atoms with Crippen LogP contribution in [0.2, 0.25) is 5.02 Å². The second-order valence-corrected chi connectivity index (χ2v) is 8.04. The monoisotopic (exact) mass is 346 g/mol. The lowest BCUT2D eigenvalue weighted by atomic mass is 9.97. The number of carboxylic acids is 1. The quantitative estimate of drug-likeness (QED) is 0.843. The van der Waals surface area contributed by atoms with Gasteiger partial charge in [0, 0.05) is 5.56 Å². The highest BCUT2D eigenvalue weighted by molar-refractivity contribution is 7.92. The molecule has 1 N–H and O–H groups in total. The summed E-state index contributed by atoms with van der Waals surface area (Å²) < 4.78 is 31.3. The Kier molecular flexibility index (Phi) is 4.84. The van der Waals surface area contributed by atoms with Crippen molar-refractivity contribution in [2.24, 2.45) is 0 Å². The van der Waals surface area contributed by atoms with Crippen LogP contribution in [0, 0.1) is 0 Å². The summed E-state index contributed by atoms with van der Waals surface area (Å²) >= 11 is 6.12. The van der Waals surface area contributed by atoms with Gasteiger partial charge in [-0.3, -0.25) is 0 Å². The van der Waals surface area contributed by atoms with Crippen LogP contribution in [0.4, 0.5) is 0 Å². The van der Waals surface area contributed by atoms with Gasteiger partial charge in [-0.15, -0.1) is 0 Å². The highest BCUT2D eigenvalue weighted by Gasteiger charge is 2.37. The first-order valence-corrected chi connectivity index (χ1v) is 8.74. The Morgan fingerprint density at radius 1 is 1.23 bits per heavy atom. The second kappa shape index (κ2) is 6.18. The van der Waals surface area contributed by atoms with E-state index in [9.17, 15) is 13.2 Å². The molecule has 0 saturated heterocycles. The van der Waals surface area contributed by atoms with Crippen molar-refractivity contribution in [3.8, 4) is 0 Å². The Bertz CT molecular complexity index is 690. The Morgan fingerprint density at radius 2 is 1.86 bits per heavy atom. The SMILES string of the molecule is C.O=C(O)c1ccc2c(c1Cl)COC1CCC(CC1)S2(=O)=O. The predicted octanol–water partition coefficient (Wildman–Crippen LogP) is 3.29. The molecule has 2 bridgehead atoms. The van der Waals surface area contributed by atoms with E-state index >= 15 is 0 Å². The number of aromatic carboxylic acids is 1. The number of ether oxygens (including phenoxy) is 1. The van der Waals surface area contributed by atoms with Crippen LogP contribution >= 0.6 is 11.6 Å². The van der Waals surface area contributed by atoms with Crippen LogP contribution < -0.4 is 0 Å². The van der Waals surface area contributed by atoms with Crippen LogP contribution in [0.3, 0.4) is 0 Å². The molecule has 7 heteroatoms. The number of fused-ring (bicyclic) bond motifs is 3. The van der Waals surface area contributed by atoms with Crippen molar-refractivity contribution in [3.05, 3.63) is 28.3 Å². The highest BCUT2D eigenvalue weighted by Crippen LogP contribution is 2.37. The number of carbonyl (C=O) groups is 1. The minimum atomic E-state index is -3.50. The van der Waals surface area contributed by atoms with Crippen LogP contribution in [-0.4, -0.2) is 30.8 Å². The van der Waals surface area contributed by atoms with Crippen LogP contribution in [0.15, 0.2) is 17.0 Å². The first-order valence-electron chi connectivity index (χ1n) is 6.81. The van der Waals surface area contributed by atoms with Gasteiger partial charge in [0.2, 0.25) is 0 Å². The molecule has 1 fully saturated rings. The molecule has 4 rings (SSSR count). The van der Waals surface area contributed by atoms with Gasteiger partial charge in [0.05, 0.1) is 33.4 Å². The lowest BCUT2D eigenvalue weighted by Crippen LogP contribution is -2.29. The van der Waals surface area contributed by atoms with Gasteiger partial charge < -0.3 is 9.84 Å². The standard InChI is InChI=1S/C14H15ClO5S.CH4/c15-13-10(14(16)17)5-6-12-11(13)7-20-8-1-3-9(4-2-8)21(12,18)19;/h5-6,8-9H,1-4,7H2,(H,16,17);1H4. The number of benzene rings is 1. The van der Waals surface area contributed by atoms with Gasteiger partial charge in [-0.25, -0.2) is 13.2 Å². The number of carboxylic acid groups (broad SMARTS) is 1. The zero-order chi connectivity index (χ0) is 15.2. The Balaban J connectivity index is 0.00000176. The Labute approximate surface area is 135 Å². The van der Waals surface area contributed by atoms with E-state index in [1.165, 1.54) is 12.1 Å². The van der Waals surface area contributed by atoms with Gasteiger partial charge in [0.25, 0.3) is 0 Å². The molecule has 0 amide bonds. The van der Waals surface area contributed by atoms with Crippen LogP contribution in [0.25, 0.3) is 0 Å². The molecule has 22 heavy (non-hydrogen) atoms. The summed E-state index contributed by atoms with van der Waals surface area (Å²) in [4.78, 5) is 11.3. The van der Waals surface area contributed by atoms with E-state index in [0.717, 1.165) is 0 Å². The summed E-state index contributed by atoms with van der Waals surface area (Å²) in [5, 5.41) is 8.65. The van der Waals surface area contributed by atoms with Crippen LogP contribution in [0.1, 0.15) is 49.0 Å². The fourth-order valence-electron chi connectivity index (χ4n) is 3.06. The summed E-state index contributed by atoms with van der Waals surface area (Å²) in [6, 6.07) is 2.60. The topological polar surface area (TPSA) is 80.7 Å². The molecule has 0 spiro atoms. The molecule has 1 aromatic rings. The molecule has 0 atom stereocenters. The predicted molar refractivity (Wildman–Crippen MR) is 83.2 cm³/mol. The third-order valence-corrected chi connectivity index (χ3v) is 7.04. The van der Waals surface area contributed by atoms with E-state index in [1.807, 2.05) is 0 Å². The molecule has 0 radical (unpaired) electrons. The lowest BCUT2D eigenvalue weighted by Gasteiger charge is -2.26. The molecule has 122 valence electrons. The fourth-order valence-corrected chi connectivity index (χ4v) is 5.43. The van der Waals surface area contributed by atoms with Gasteiger partial charge >= 0.3 is 5.97 Å². The van der Waals surface area contributed by atoms with E-state index in [4.69, 9.17) is 21.4 Å². The Morgan fingerprint density at radius 3 is 2.45 bits per heavy atom. The number of rotatable bonds is 1. The second-order valence-electron chi connectivity index (χ2n) is 5.46. The number of sulfone groups is 1. The van der Waals surface area contributed by atoms with Gasteiger partial charge in [-0.05, 0) is 37.8 Å². The fraction of sp³-hybridized carbons (Fsp3) is 0.533. The maximum absolute atomic E-state index is 12.8. The van der Waals surface area contributed by atoms with Crippen molar-refractivity contribution >= 4 is 27.4 Å². The summed E-state index contributed by atoms with van der Waals surface area (Å²) in [6.45, 7) is 0.0336. The largest absolute Gasteiger partial charge is 0.478 e. The van der Waals surface area contributed by atoms with E-state index in [0.29, 0.717) is 25.7 Å². The molecule has 5 nitrogen and oxygen atoms in total. The van der Waals surface area contributed by atoms with E-state index < -0.39 is 21.1 Å². The van der Waals surface area contributed by atoms with Crippen molar-refractivity contribution in [1.29, 1.82) is 0 Å². The highest BCUT2D eigenvalue weighted by atomic mass is 35.5. The van der Waals surface area contributed by atoms with Gasteiger partial charge in [-0.2, -0.15) is 0 Å². The summed E-state index contributed by atoms with van der Waals surface area (Å²) in [7, 11) is -3.50. The number of hydrogen-bond acceptors (Lipinski definition) is 4. The maximum Gasteiger partial charge on any atom is 0.337 e. The van der Waals surface area contributed by atoms with Gasteiger partial charge in [0.1, 0.15) is 0 Å². The van der Waals surface area contributed by atoms with Gasteiger partial charge in [-0.1, -0.05) is 19.0 Å². The average Bonchev–Trinajstić information content (AvgIpc) is 2.52. The van der Waals surface area contributed by atoms with Crippen LogP contribution in [-0.2, 0) is 21.2 Å². The van der Waals surface area contributed by atoms with Crippen molar-refractivity contribution in [1.82, 2.24) is 0 Å². The molecular weight excluding hydrogens is 328 g/mol.